The van der Waals surface area contributed by atoms with E-state index in [1.165, 1.54) is 5.57 Å². The second-order valence-electron chi connectivity index (χ2n) is 20.6. The molecule has 0 unspecified atom stereocenters. The van der Waals surface area contributed by atoms with Gasteiger partial charge < -0.3 is 74.8 Å². The standard InChI is InChI=1S/C42H68O15/c1-37(2)23-9-12-40(5)24(8-7-20-21-15-38(3,18-44)13-14-42(21,19-45)25(46)16-41(20,40)6)39(23,4)11-10-26(37)55-36-31(51)32(30(50)33(57-36)34(52)53)56-35-29(49)28(48)27(47)22(17-43)54-35/h7,21-33,35-36,43-51H,8-19H2,1-6H3,(H,52,53)/p-1/t21-,22+,23-,24+,25-,26-,27+,28-,29+,30-,31+,32-,33-,35-,36+,38+,39-,40+,41+,42+/m0/s1. The van der Waals surface area contributed by atoms with Crippen molar-refractivity contribution < 1.29 is 74.8 Å². The van der Waals surface area contributed by atoms with Gasteiger partial charge in [0.05, 0.1) is 31.4 Å². The van der Waals surface area contributed by atoms with Crippen LogP contribution in [0.5, 0.6) is 0 Å². The smallest absolute Gasteiger partial charge is 0.187 e. The fourth-order valence-electron chi connectivity index (χ4n) is 13.8. The molecule has 9 N–H and O–H groups in total. The molecule has 20 atom stereocenters. The molecule has 7 aliphatic rings. The number of hydrogen-bond acceptors (Lipinski definition) is 15. The first kappa shape index (κ1) is 43.8. The Morgan fingerprint density at radius 1 is 0.772 bits per heavy atom. The van der Waals surface area contributed by atoms with Gasteiger partial charge >= 0.3 is 0 Å². The number of carboxylic acids is 1. The van der Waals surface area contributed by atoms with Gasteiger partial charge in [0.25, 0.3) is 0 Å². The van der Waals surface area contributed by atoms with E-state index in [4.69, 9.17) is 18.9 Å². The third-order valence-corrected chi connectivity index (χ3v) is 17.6. The number of aliphatic hydroxyl groups is 9. The van der Waals surface area contributed by atoms with Crippen molar-refractivity contribution in [3.05, 3.63) is 11.6 Å². The first-order valence-corrected chi connectivity index (χ1v) is 21.0. The van der Waals surface area contributed by atoms with Gasteiger partial charge in [-0.3, -0.25) is 0 Å². The quantitative estimate of drug-likeness (QED) is 0.111. The van der Waals surface area contributed by atoms with E-state index in [0.29, 0.717) is 25.7 Å². The van der Waals surface area contributed by atoms with E-state index in [0.717, 1.165) is 32.1 Å². The molecule has 4 saturated carbocycles. The average molecular weight is 812 g/mol. The summed E-state index contributed by atoms with van der Waals surface area (Å²) in [7, 11) is 0. The van der Waals surface area contributed by atoms with Gasteiger partial charge in [0.1, 0.15) is 48.8 Å². The largest absolute Gasteiger partial charge is 0.547 e. The second kappa shape index (κ2) is 14.9. The van der Waals surface area contributed by atoms with Crippen molar-refractivity contribution in [2.75, 3.05) is 19.8 Å². The van der Waals surface area contributed by atoms with Crippen molar-refractivity contribution >= 4 is 5.97 Å². The highest BCUT2D eigenvalue weighted by molar-refractivity contribution is 5.71. The van der Waals surface area contributed by atoms with Crippen LogP contribution < -0.4 is 5.11 Å². The molecule has 7 rings (SSSR count). The zero-order valence-corrected chi connectivity index (χ0v) is 34.2. The minimum absolute atomic E-state index is 0.0372. The molecule has 57 heavy (non-hydrogen) atoms. The molecule has 2 saturated heterocycles. The molecule has 15 heteroatoms. The van der Waals surface area contributed by atoms with Crippen LogP contribution in [-0.4, -0.2) is 145 Å². The Labute approximate surface area is 335 Å². The number of aliphatic carboxylic acids is 1. The summed E-state index contributed by atoms with van der Waals surface area (Å²) in [6, 6.07) is 0. The lowest BCUT2D eigenvalue weighted by atomic mass is 9.33. The Kier molecular flexibility index (Phi) is 11.5. The Morgan fingerprint density at radius 3 is 2.09 bits per heavy atom. The van der Waals surface area contributed by atoms with E-state index in [-0.39, 0.29) is 52.6 Å². The Morgan fingerprint density at radius 2 is 1.46 bits per heavy atom. The summed E-state index contributed by atoms with van der Waals surface area (Å²) in [4.78, 5) is 12.2. The highest BCUT2D eigenvalue weighted by Gasteiger charge is 2.70. The topological polar surface area (TPSA) is 259 Å². The van der Waals surface area contributed by atoms with Crippen LogP contribution in [-0.2, 0) is 23.7 Å². The molecule has 0 aromatic rings. The van der Waals surface area contributed by atoms with Gasteiger partial charge in [-0.2, -0.15) is 0 Å². The highest BCUT2D eigenvalue weighted by Crippen LogP contribution is 2.76. The summed E-state index contributed by atoms with van der Waals surface area (Å²) in [6.07, 6.45) is -9.92. The lowest BCUT2D eigenvalue weighted by Gasteiger charge is -2.72. The van der Waals surface area contributed by atoms with Crippen LogP contribution in [0.25, 0.3) is 0 Å². The van der Waals surface area contributed by atoms with E-state index in [1.54, 1.807) is 0 Å². The van der Waals surface area contributed by atoms with Crippen molar-refractivity contribution in [1.82, 2.24) is 0 Å². The van der Waals surface area contributed by atoms with Crippen molar-refractivity contribution in [3.8, 4) is 0 Å². The third-order valence-electron chi connectivity index (χ3n) is 17.6. The maximum atomic E-state index is 12.2. The van der Waals surface area contributed by atoms with Gasteiger partial charge in [0, 0.05) is 12.0 Å². The van der Waals surface area contributed by atoms with Gasteiger partial charge in [-0.15, -0.1) is 0 Å². The Hall–Kier alpha value is -1.31. The second-order valence-corrected chi connectivity index (χ2v) is 20.6. The summed E-state index contributed by atoms with van der Waals surface area (Å²) in [6.45, 7) is 12.6. The van der Waals surface area contributed by atoms with Crippen LogP contribution in [0.15, 0.2) is 11.6 Å². The van der Waals surface area contributed by atoms with Crippen LogP contribution in [0.2, 0.25) is 0 Å². The van der Waals surface area contributed by atoms with Crippen LogP contribution in [0, 0.1) is 50.2 Å². The fraction of sp³-hybridized carbons (Fsp3) is 0.929. The number of carboxylic acid groups (broad SMARTS) is 1. The van der Waals surface area contributed by atoms with E-state index in [9.17, 15) is 55.9 Å². The van der Waals surface area contributed by atoms with Gasteiger partial charge in [0.15, 0.2) is 12.6 Å². The van der Waals surface area contributed by atoms with Gasteiger partial charge in [-0.1, -0.05) is 53.2 Å². The number of rotatable bonds is 8. The zero-order chi connectivity index (χ0) is 41.8. The number of carbonyl (C=O) groups is 1. The average Bonchev–Trinajstić information content (AvgIpc) is 3.15. The predicted molar refractivity (Wildman–Crippen MR) is 198 cm³/mol. The molecule has 0 aromatic heterocycles. The number of aliphatic hydroxyl groups excluding tert-OH is 9. The summed E-state index contributed by atoms with van der Waals surface area (Å²) in [5.74, 6) is -1.46. The van der Waals surface area contributed by atoms with E-state index in [1.807, 2.05) is 0 Å². The molecule has 326 valence electrons. The maximum absolute atomic E-state index is 12.2. The molecule has 2 heterocycles. The van der Waals surface area contributed by atoms with Gasteiger partial charge in [-0.05, 0) is 103 Å². The fourth-order valence-corrected chi connectivity index (χ4v) is 13.8. The number of fused-ring (bicyclic) bond motifs is 7. The number of carbonyl (C=O) groups excluding carboxylic acids is 1. The first-order chi connectivity index (χ1) is 26.6. The number of ether oxygens (including phenoxy) is 4. The molecule has 6 fully saturated rings. The molecular formula is C42H67O15-. The zero-order valence-electron chi connectivity index (χ0n) is 34.2. The highest BCUT2D eigenvalue weighted by atomic mass is 16.7. The normalized spacial score (nSPS) is 54.7. The molecule has 0 bridgehead atoms. The molecule has 0 spiro atoms. The van der Waals surface area contributed by atoms with Gasteiger partial charge in [-0.25, -0.2) is 0 Å². The van der Waals surface area contributed by atoms with E-state index < -0.39 is 97.0 Å². The summed E-state index contributed by atoms with van der Waals surface area (Å²) >= 11 is 0. The predicted octanol–water partition coefficient (Wildman–Crippen LogP) is -0.509. The van der Waals surface area contributed by atoms with Crippen LogP contribution in [0.1, 0.15) is 99.3 Å². The molecule has 0 amide bonds. The van der Waals surface area contributed by atoms with Crippen LogP contribution >= 0.6 is 0 Å². The number of allylic oxidation sites excluding steroid dienone is 2. The van der Waals surface area contributed by atoms with Crippen LogP contribution in [0.4, 0.5) is 0 Å². The van der Waals surface area contributed by atoms with Crippen molar-refractivity contribution in [2.24, 2.45) is 50.2 Å². The van der Waals surface area contributed by atoms with Crippen LogP contribution in [0.3, 0.4) is 0 Å². The monoisotopic (exact) mass is 811 g/mol. The Balaban J connectivity index is 1.13. The molecule has 5 aliphatic carbocycles. The lowest BCUT2D eigenvalue weighted by Crippen LogP contribution is -2.68. The van der Waals surface area contributed by atoms with E-state index >= 15 is 0 Å². The summed E-state index contributed by atoms with van der Waals surface area (Å²) in [5, 5.41) is 109. The molecule has 2 aliphatic heterocycles. The minimum atomic E-state index is -2.01. The van der Waals surface area contributed by atoms with E-state index in [2.05, 4.69) is 47.6 Å². The van der Waals surface area contributed by atoms with Crippen molar-refractivity contribution in [3.63, 3.8) is 0 Å². The third kappa shape index (κ3) is 6.43. The molecule has 0 aromatic carbocycles. The lowest BCUT2D eigenvalue weighted by molar-refractivity contribution is -0.381. The first-order valence-electron chi connectivity index (χ1n) is 21.0. The van der Waals surface area contributed by atoms with Crippen molar-refractivity contribution in [2.45, 2.75) is 173 Å². The minimum Gasteiger partial charge on any atom is -0.547 e. The number of hydrogen-bond donors (Lipinski definition) is 9. The maximum Gasteiger partial charge on any atom is 0.187 e. The SMILES string of the molecule is CC1(C)[C@@H](O[C@@H]2O[C@H](C(=O)[O-])[C@@H](O)[C@H](O[C@@H]3O[C@H](CO)[C@@H](O)[C@H](O)[C@H]3O)[C@H]2O)CC[C@]2(C)[C@H]3CC=C4[C@@H]5C[C@](C)(CO)CC[C@]5(CO)[C@@H](O)C[C@@]4(C)[C@]3(C)CC[C@@H]12. The molecular weight excluding hydrogens is 744 g/mol. The molecule has 0 radical (unpaired) electrons. The summed E-state index contributed by atoms with van der Waals surface area (Å²) in [5.41, 5.74) is -0.801. The van der Waals surface area contributed by atoms with Crippen molar-refractivity contribution in [1.29, 1.82) is 0 Å². The summed E-state index contributed by atoms with van der Waals surface area (Å²) < 4.78 is 23.3. The Bertz CT molecular complexity index is 1540. The molecule has 15 nitrogen and oxygen atoms in total. The van der Waals surface area contributed by atoms with Gasteiger partial charge in [0.2, 0.25) is 0 Å².